The first-order chi connectivity index (χ1) is 8.33. The molecule has 0 aliphatic heterocycles. The summed E-state index contributed by atoms with van der Waals surface area (Å²) in [6.45, 7) is 10.8. The van der Waals surface area contributed by atoms with Crippen LogP contribution in [0.3, 0.4) is 0 Å². The van der Waals surface area contributed by atoms with Gasteiger partial charge in [0.05, 0.1) is 0 Å². The lowest BCUT2D eigenvalue weighted by Gasteiger charge is -2.33. The Labute approximate surface area is 114 Å². The van der Waals surface area contributed by atoms with Crippen molar-refractivity contribution in [3.63, 3.8) is 0 Å². The lowest BCUT2D eigenvalue weighted by molar-refractivity contribution is -0.147. The molecule has 112 valence electrons. The number of nitrogens with one attached hydrogen (secondary N) is 1. The Balaban J connectivity index is 4.71. The largest absolute Gasteiger partial charge is 0.479 e. The van der Waals surface area contributed by atoms with Gasteiger partial charge in [0, 0.05) is 12.5 Å². The van der Waals surface area contributed by atoms with Crippen LogP contribution in [-0.2, 0) is 9.53 Å². The molecule has 0 aromatic rings. The van der Waals surface area contributed by atoms with E-state index in [1.165, 1.54) is 0 Å². The fourth-order valence-electron chi connectivity index (χ4n) is 1.40. The molecule has 0 spiro atoms. The van der Waals surface area contributed by atoms with Crippen molar-refractivity contribution in [1.29, 1.82) is 0 Å². The third kappa shape index (κ3) is 7.66. The van der Waals surface area contributed by atoms with Gasteiger partial charge in [-0.3, -0.25) is 0 Å². The van der Waals surface area contributed by atoms with Crippen LogP contribution in [0.5, 0.6) is 0 Å². The molecular weight excluding hydrogens is 250 g/mol. The topological polar surface area (TPSA) is 95.9 Å². The molecule has 19 heavy (non-hydrogen) atoms. The van der Waals surface area contributed by atoms with E-state index in [9.17, 15) is 14.7 Å². The molecule has 2 atom stereocenters. The predicted octanol–water partition coefficient (Wildman–Crippen LogP) is 1.76. The monoisotopic (exact) mass is 275 g/mol. The van der Waals surface area contributed by atoms with Gasteiger partial charge in [0.2, 0.25) is 0 Å². The number of rotatable bonds is 4. The van der Waals surface area contributed by atoms with Gasteiger partial charge in [0.1, 0.15) is 5.60 Å². The Kier molecular flexibility index (Phi) is 5.81. The summed E-state index contributed by atoms with van der Waals surface area (Å²) >= 11 is 0. The summed E-state index contributed by atoms with van der Waals surface area (Å²) < 4.78 is 5.13. The van der Waals surface area contributed by atoms with E-state index in [0.29, 0.717) is 0 Å². The number of carbonyl (C=O) groups is 2. The summed E-state index contributed by atoms with van der Waals surface area (Å²) in [5.74, 6) is -1.31. The highest BCUT2D eigenvalue weighted by Gasteiger charge is 2.32. The molecule has 0 bridgehead atoms. The molecule has 0 saturated carbocycles. The number of aliphatic carboxylic acids is 1. The number of amides is 1. The second-order valence-corrected chi connectivity index (χ2v) is 6.65. The van der Waals surface area contributed by atoms with Crippen molar-refractivity contribution in [2.75, 3.05) is 0 Å². The molecule has 0 aromatic heterocycles. The van der Waals surface area contributed by atoms with Gasteiger partial charge >= 0.3 is 12.1 Å². The molecule has 0 heterocycles. The zero-order valence-corrected chi connectivity index (χ0v) is 12.5. The van der Waals surface area contributed by atoms with Crippen molar-refractivity contribution >= 4 is 12.1 Å². The number of carboxylic acids is 1. The summed E-state index contributed by atoms with van der Waals surface area (Å²) in [4.78, 5) is 22.4. The van der Waals surface area contributed by atoms with Crippen LogP contribution in [0.1, 0.15) is 48.0 Å². The zero-order valence-electron chi connectivity index (χ0n) is 12.5. The lowest BCUT2D eigenvalue weighted by atomic mass is 9.83. The van der Waals surface area contributed by atoms with E-state index in [4.69, 9.17) is 9.84 Å². The summed E-state index contributed by atoms with van der Waals surface area (Å²) in [6.07, 6.45) is -2.21. The molecule has 0 radical (unpaired) electrons. The summed E-state index contributed by atoms with van der Waals surface area (Å²) in [6, 6.07) is -0.506. The number of carbonyl (C=O) groups excluding carboxylic acids is 1. The number of alkyl carbamates (subject to hydrolysis) is 1. The van der Waals surface area contributed by atoms with Crippen LogP contribution in [0.4, 0.5) is 4.79 Å². The number of hydrogen-bond acceptors (Lipinski definition) is 4. The van der Waals surface area contributed by atoms with E-state index < -0.39 is 35.2 Å². The normalized spacial score (nSPS) is 15.5. The Morgan fingerprint density at radius 3 is 1.95 bits per heavy atom. The molecular formula is C13H25NO5. The lowest BCUT2D eigenvalue weighted by Crippen LogP contribution is -2.48. The maximum absolute atomic E-state index is 11.7. The fraction of sp³-hybridized carbons (Fsp3) is 0.846. The van der Waals surface area contributed by atoms with Crippen molar-refractivity contribution in [2.24, 2.45) is 5.41 Å². The molecule has 0 aliphatic carbocycles. The second kappa shape index (κ2) is 6.23. The van der Waals surface area contributed by atoms with Gasteiger partial charge in [0.25, 0.3) is 0 Å². The molecule has 0 saturated heterocycles. The molecule has 0 aromatic carbocycles. The molecule has 0 rings (SSSR count). The van der Waals surface area contributed by atoms with E-state index in [1.54, 1.807) is 20.8 Å². The quantitative estimate of drug-likeness (QED) is 0.726. The van der Waals surface area contributed by atoms with Crippen molar-refractivity contribution in [3.05, 3.63) is 0 Å². The highest BCUT2D eigenvalue weighted by molar-refractivity contribution is 5.72. The van der Waals surface area contributed by atoms with Crippen LogP contribution in [0.15, 0.2) is 0 Å². The van der Waals surface area contributed by atoms with E-state index in [0.717, 1.165) is 0 Å². The van der Waals surface area contributed by atoms with Crippen LogP contribution in [-0.4, -0.2) is 40.0 Å². The van der Waals surface area contributed by atoms with Crippen molar-refractivity contribution in [2.45, 2.75) is 65.7 Å². The minimum Gasteiger partial charge on any atom is -0.479 e. The van der Waals surface area contributed by atoms with Crippen LogP contribution >= 0.6 is 0 Å². The van der Waals surface area contributed by atoms with E-state index in [-0.39, 0.29) is 6.42 Å². The highest BCUT2D eigenvalue weighted by atomic mass is 16.6. The number of hydrogen-bond donors (Lipinski definition) is 3. The first-order valence-corrected chi connectivity index (χ1v) is 6.23. The van der Waals surface area contributed by atoms with Gasteiger partial charge in [-0.25, -0.2) is 9.59 Å². The third-order valence-electron chi connectivity index (χ3n) is 2.48. The Morgan fingerprint density at radius 2 is 1.63 bits per heavy atom. The van der Waals surface area contributed by atoms with Gasteiger partial charge in [-0.2, -0.15) is 0 Å². The fourth-order valence-corrected chi connectivity index (χ4v) is 1.40. The average Bonchev–Trinajstić information content (AvgIpc) is 2.11. The summed E-state index contributed by atoms with van der Waals surface area (Å²) in [5.41, 5.74) is -1.02. The zero-order chi connectivity index (χ0) is 15.4. The van der Waals surface area contributed by atoms with Crippen molar-refractivity contribution in [1.82, 2.24) is 5.32 Å². The second-order valence-electron chi connectivity index (χ2n) is 6.65. The molecule has 2 unspecified atom stereocenters. The third-order valence-corrected chi connectivity index (χ3v) is 2.48. The number of ether oxygens (including phenoxy) is 1. The van der Waals surface area contributed by atoms with Gasteiger partial charge in [0.15, 0.2) is 6.10 Å². The Hall–Kier alpha value is -1.30. The van der Waals surface area contributed by atoms with Crippen LogP contribution in [0, 0.1) is 5.41 Å². The molecule has 1 amide bonds. The SMILES string of the molecule is CC(C)(C)OC(=O)NC(CC(O)C(=O)O)C(C)(C)C. The highest BCUT2D eigenvalue weighted by Crippen LogP contribution is 2.23. The molecule has 3 N–H and O–H groups in total. The van der Waals surface area contributed by atoms with Crippen LogP contribution < -0.4 is 5.32 Å². The molecule has 6 heteroatoms. The maximum Gasteiger partial charge on any atom is 0.407 e. The first-order valence-electron chi connectivity index (χ1n) is 6.23. The minimum atomic E-state index is -1.51. The van der Waals surface area contributed by atoms with Crippen LogP contribution in [0.2, 0.25) is 0 Å². The van der Waals surface area contributed by atoms with Crippen molar-refractivity contribution in [3.8, 4) is 0 Å². The van der Waals surface area contributed by atoms with Crippen molar-refractivity contribution < 1.29 is 24.5 Å². The Morgan fingerprint density at radius 1 is 1.16 bits per heavy atom. The molecule has 0 aliphatic rings. The van der Waals surface area contributed by atoms with Gasteiger partial charge in [-0.1, -0.05) is 20.8 Å². The smallest absolute Gasteiger partial charge is 0.407 e. The van der Waals surface area contributed by atoms with Crippen LogP contribution in [0.25, 0.3) is 0 Å². The summed E-state index contributed by atoms with van der Waals surface area (Å²) in [7, 11) is 0. The number of carboxylic acid groups (broad SMARTS) is 1. The predicted molar refractivity (Wildman–Crippen MR) is 70.9 cm³/mol. The number of aliphatic hydroxyl groups excluding tert-OH is 1. The standard InChI is InChI=1S/C13H25NO5/c1-12(2,3)9(7-8(15)10(16)17)14-11(18)19-13(4,5)6/h8-9,15H,7H2,1-6H3,(H,14,18)(H,16,17). The van der Waals surface area contributed by atoms with E-state index in [2.05, 4.69) is 5.32 Å². The Bertz CT molecular complexity index is 327. The van der Waals surface area contributed by atoms with Gasteiger partial charge < -0.3 is 20.3 Å². The van der Waals surface area contributed by atoms with E-state index in [1.807, 2.05) is 20.8 Å². The molecule has 6 nitrogen and oxygen atoms in total. The van der Waals surface area contributed by atoms with Gasteiger partial charge in [-0.15, -0.1) is 0 Å². The minimum absolute atomic E-state index is 0.0714. The first kappa shape index (κ1) is 17.7. The van der Waals surface area contributed by atoms with Gasteiger partial charge in [-0.05, 0) is 26.2 Å². The van der Waals surface area contributed by atoms with E-state index >= 15 is 0 Å². The molecule has 0 fully saturated rings. The average molecular weight is 275 g/mol. The number of aliphatic hydroxyl groups is 1. The summed E-state index contributed by atoms with van der Waals surface area (Å²) in [5, 5.41) is 20.8. The maximum atomic E-state index is 11.7.